The van der Waals surface area contributed by atoms with E-state index in [1.165, 1.54) is 0 Å². The normalized spacial score (nSPS) is 11.4. The lowest BCUT2D eigenvalue weighted by atomic mass is 10.2. The third-order valence-electron chi connectivity index (χ3n) is 2.79. The van der Waals surface area contributed by atoms with Gasteiger partial charge in [0.25, 0.3) is 0 Å². The Morgan fingerprint density at radius 1 is 1.40 bits per heavy atom. The Morgan fingerprint density at radius 3 is 2.95 bits per heavy atom. The highest BCUT2D eigenvalue weighted by Gasteiger charge is 2.11. The fraction of sp³-hybridized carbons (Fsp3) is 0.200. The second-order valence-corrected chi connectivity index (χ2v) is 4.35. The number of carbonyl (C=O) groups excluding carboxylic acids is 1. The number of nitriles is 1. The number of nitrogens with one attached hydrogen (secondary N) is 2. The van der Waals surface area contributed by atoms with Crippen molar-refractivity contribution in [2.75, 3.05) is 11.9 Å². The van der Waals surface area contributed by atoms with E-state index in [0.29, 0.717) is 11.3 Å². The number of amides is 1. The molecule has 5 nitrogen and oxygen atoms in total. The third-order valence-corrected chi connectivity index (χ3v) is 2.79. The molecule has 0 bridgehead atoms. The Labute approximate surface area is 117 Å². The summed E-state index contributed by atoms with van der Waals surface area (Å²) in [7, 11) is 0. The van der Waals surface area contributed by atoms with E-state index in [0.717, 1.165) is 5.69 Å². The largest absolute Gasteiger partial charge is 0.467 e. The number of nitrogens with zero attached hydrogens (tertiary/aromatic N) is 1. The van der Waals surface area contributed by atoms with Crippen LogP contribution in [0, 0.1) is 11.3 Å². The first-order valence-electron chi connectivity index (χ1n) is 6.26. The van der Waals surface area contributed by atoms with Crippen LogP contribution >= 0.6 is 0 Å². The molecular formula is C15H15N3O2. The summed E-state index contributed by atoms with van der Waals surface area (Å²) in [4.78, 5) is 11.8. The van der Waals surface area contributed by atoms with Crippen LogP contribution in [-0.4, -0.2) is 12.5 Å². The summed E-state index contributed by atoms with van der Waals surface area (Å²) in [5.41, 5.74) is 1.30. The minimum Gasteiger partial charge on any atom is -0.467 e. The molecule has 1 aromatic heterocycles. The summed E-state index contributed by atoms with van der Waals surface area (Å²) < 4.78 is 5.22. The van der Waals surface area contributed by atoms with Crippen LogP contribution in [0.5, 0.6) is 0 Å². The van der Waals surface area contributed by atoms with Gasteiger partial charge in [0.1, 0.15) is 5.76 Å². The molecule has 2 rings (SSSR count). The van der Waals surface area contributed by atoms with Crippen molar-refractivity contribution < 1.29 is 9.21 Å². The number of carbonyl (C=O) groups is 1. The second-order valence-electron chi connectivity index (χ2n) is 4.35. The maximum atomic E-state index is 11.8. The summed E-state index contributed by atoms with van der Waals surface area (Å²) in [6.45, 7) is 1.99. The van der Waals surface area contributed by atoms with Crippen LogP contribution in [0.4, 0.5) is 5.69 Å². The molecule has 2 aromatic rings. The summed E-state index contributed by atoms with van der Waals surface area (Å²) in [6.07, 6.45) is 1.57. The highest BCUT2D eigenvalue weighted by Crippen LogP contribution is 2.12. The Hall–Kier alpha value is -2.74. The molecule has 20 heavy (non-hydrogen) atoms. The molecule has 0 aliphatic rings. The highest BCUT2D eigenvalue weighted by atomic mass is 16.3. The molecular weight excluding hydrogens is 254 g/mol. The SMILES string of the molecule is CC(NC(=O)CNc1cccc(C#N)c1)c1ccco1. The van der Waals surface area contributed by atoms with Crippen LogP contribution in [-0.2, 0) is 4.79 Å². The zero-order valence-corrected chi connectivity index (χ0v) is 11.1. The van der Waals surface area contributed by atoms with Crippen molar-refractivity contribution in [2.24, 2.45) is 0 Å². The van der Waals surface area contributed by atoms with Gasteiger partial charge < -0.3 is 15.1 Å². The van der Waals surface area contributed by atoms with Crippen LogP contribution in [0.15, 0.2) is 47.1 Å². The lowest BCUT2D eigenvalue weighted by Gasteiger charge is -2.12. The van der Waals surface area contributed by atoms with Crippen molar-refractivity contribution >= 4 is 11.6 Å². The van der Waals surface area contributed by atoms with E-state index in [-0.39, 0.29) is 18.5 Å². The van der Waals surface area contributed by atoms with Gasteiger partial charge in [-0.05, 0) is 37.3 Å². The summed E-state index contributed by atoms with van der Waals surface area (Å²) in [5.74, 6) is 0.570. The van der Waals surface area contributed by atoms with E-state index in [1.54, 1.807) is 30.5 Å². The van der Waals surface area contributed by atoms with Crippen molar-refractivity contribution in [1.29, 1.82) is 5.26 Å². The monoisotopic (exact) mass is 269 g/mol. The highest BCUT2D eigenvalue weighted by molar-refractivity contribution is 5.81. The lowest BCUT2D eigenvalue weighted by molar-refractivity contribution is -0.120. The fourth-order valence-electron chi connectivity index (χ4n) is 1.78. The molecule has 102 valence electrons. The molecule has 0 aliphatic carbocycles. The number of hydrogen-bond donors (Lipinski definition) is 2. The number of anilines is 1. The fourth-order valence-corrected chi connectivity index (χ4v) is 1.78. The molecule has 1 amide bonds. The second kappa shape index (κ2) is 6.43. The maximum Gasteiger partial charge on any atom is 0.239 e. The molecule has 0 saturated heterocycles. The zero-order valence-electron chi connectivity index (χ0n) is 11.1. The van der Waals surface area contributed by atoms with Gasteiger partial charge in [-0.25, -0.2) is 0 Å². The van der Waals surface area contributed by atoms with Crippen LogP contribution in [0.25, 0.3) is 0 Å². The van der Waals surface area contributed by atoms with Crippen molar-refractivity contribution in [3.8, 4) is 6.07 Å². The topological polar surface area (TPSA) is 78.1 Å². The van der Waals surface area contributed by atoms with Crippen molar-refractivity contribution in [3.63, 3.8) is 0 Å². The van der Waals surface area contributed by atoms with Gasteiger partial charge in [-0.3, -0.25) is 4.79 Å². The van der Waals surface area contributed by atoms with Gasteiger partial charge >= 0.3 is 0 Å². The molecule has 0 saturated carbocycles. The quantitative estimate of drug-likeness (QED) is 0.873. The smallest absolute Gasteiger partial charge is 0.239 e. The third kappa shape index (κ3) is 3.62. The number of benzene rings is 1. The number of hydrogen-bond acceptors (Lipinski definition) is 4. The van der Waals surface area contributed by atoms with Crippen molar-refractivity contribution in [2.45, 2.75) is 13.0 Å². The summed E-state index contributed by atoms with van der Waals surface area (Å²) in [6, 6.07) is 12.5. The van der Waals surface area contributed by atoms with Crippen LogP contribution in [0.2, 0.25) is 0 Å². The Balaban J connectivity index is 1.84. The minimum absolute atomic E-state index is 0.139. The zero-order chi connectivity index (χ0) is 14.4. The average molecular weight is 269 g/mol. The van der Waals surface area contributed by atoms with Crippen molar-refractivity contribution in [3.05, 3.63) is 54.0 Å². The first kappa shape index (κ1) is 13.7. The van der Waals surface area contributed by atoms with Crippen LogP contribution in [0.3, 0.4) is 0 Å². The predicted octanol–water partition coefficient (Wildman–Crippen LogP) is 2.44. The Bertz CT molecular complexity index is 614. The van der Waals surface area contributed by atoms with Crippen molar-refractivity contribution in [1.82, 2.24) is 5.32 Å². The van der Waals surface area contributed by atoms with Gasteiger partial charge in [0, 0.05) is 5.69 Å². The molecule has 1 unspecified atom stereocenters. The van der Waals surface area contributed by atoms with Gasteiger partial charge in [-0.15, -0.1) is 0 Å². The van der Waals surface area contributed by atoms with E-state index >= 15 is 0 Å². The van der Waals surface area contributed by atoms with E-state index in [1.807, 2.05) is 19.1 Å². The van der Waals surface area contributed by atoms with Gasteiger partial charge in [0.2, 0.25) is 5.91 Å². The standard InChI is InChI=1S/C15H15N3O2/c1-11(14-6-3-7-20-14)18-15(19)10-17-13-5-2-4-12(8-13)9-16/h2-8,11,17H,10H2,1H3,(H,18,19). The van der Waals surface area contributed by atoms with E-state index < -0.39 is 0 Å². The minimum atomic E-state index is -0.176. The Morgan fingerprint density at radius 2 is 2.25 bits per heavy atom. The lowest BCUT2D eigenvalue weighted by Crippen LogP contribution is -2.31. The van der Waals surface area contributed by atoms with Crippen LogP contribution in [0.1, 0.15) is 24.3 Å². The van der Waals surface area contributed by atoms with Gasteiger partial charge in [-0.1, -0.05) is 6.07 Å². The first-order chi connectivity index (χ1) is 9.69. The Kier molecular flexibility index (Phi) is 4.40. The molecule has 1 atom stereocenters. The molecule has 1 aromatic carbocycles. The summed E-state index contributed by atoms with van der Waals surface area (Å²) in [5, 5.41) is 14.6. The molecule has 1 heterocycles. The molecule has 0 fully saturated rings. The first-order valence-corrected chi connectivity index (χ1v) is 6.26. The van der Waals surface area contributed by atoms with Crippen LogP contribution < -0.4 is 10.6 Å². The van der Waals surface area contributed by atoms with E-state index in [9.17, 15) is 4.79 Å². The number of furan rings is 1. The molecule has 2 N–H and O–H groups in total. The predicted molar refractivity (Wildman–Crippen MR) is 74.9 cm³/mol. The van der Waals surface area contributed by atoms with E-state index in [4.69, 9.17) is 9.68 Å². The average Bonchev–Trinajstić information content (AvgIpc) is 2.99. The van der Waals surface area contributed by atoms with Gasteiger partial charge in [0.15, 0.2) is 0 Å². The maximum absolute atomic E-state index is 11.8. The van der Waals surface area contributed by atoms with Gasteiger partial charge in [0.05, 0.1) is 30.5 Å². The number of rotatable bonds is 5. The van der Waals surface area contributed by atoms with Gasteiger partial charge in [-0.2, -0.15) is 5.26 Å². The molecule has 0 radical (unpaired) electrons. The van der Waals surface area contributed by atoms with E-state index in [2.05, 4.69) is 16.7 Å². The summed E-state index contributed by atoms with van der Waals surface area (Å²) >= 11 is 0. The molecule has 0 spiro atoms. The molecule has 5 heteroatoms. The molecule has 0 aliphatic heterocycles.